The van der Waals surface area contributed by atoms with E-state index in [0.717, 1.165) is 0 Å². The zero-order valence-electron chi connectivity index (χ0n) is 14.4. The normalized spacial score (nSPS) is 17.0. The lowest BCUT2D eigenvalue weighted by molar-refractivity contribution is -0.128. The first-order valence-electron chi connectivity index (χ1n) is 8.11. The van der Waals surface area contributed by atoms with E-state index in [4.69, 9.17) is 16.3 Å². The third kappa shape index (κ3) is 3.77. The SMILES string of the molecule is COc1ccc(NC(=O)C2CCC(=O)N2S(=O)(=O)c2ccccc2)cc1Cl. The number of methoxy groups -OCH3 is 1. The summed E-state index contributed by atoms with van der Waals surface area (Å²) >= 11 is 6.04. The van der Waals surface area contributed by atoms with Gasteiger partial charge in [-0.2, -0.15) is 0 Å². The molecule has 2 aromatic rings. The molecule has 1 unspecified atom stereocenters. The van der Waals surface area contributed by atoms with Gasteiger partial charge in [0.1, 0.15) is 11.8 Å². The molecular weight excluding hydrogens is 392 g/mol. The minimum Gasteiger partial charge on any atom is -0.495 e. The van der Waals surface area contributed by atoms with Crippen molar-refractivity contribution in [3.63, 3.8) is 0 Å². The van der Waals surface area contributed by atoms with Gasteiger partial charge in [0.2, 0.25) is 11.8 Å². The molecule has 1 N–H and O–H groups in total. The van der Waals surface area contributed by atoms with Gasteiger partial charge in [0.05, 0.1) is 17.0 Å². The summed E-state index contributed by atoms with van der Waals surface area (Å²) < 4.78 is 31.4. The maximum absolute atomic E-state index is 12.8. The molecule has 2 aromatic carbocycles. The molecule has 1 fully saturated rings. The van der Waals surface area contributed by atoms with Crippen LogP contribution in [0.25, 0.3) is 0 Å². The monoisotopic (exact) mass is 408 g/mol. The van der Waals surface area contributed by atoms with Gasteiger partial charge in [-0.25, -0.2) is 12.7 Å². The highest BCUT2D eigenvalue weighted by molar-refractivity contribution is 7.89. The number of carbonyl (C=O) groups excluding carboxylic acids is 2. The Bertz CT molecular complexity index is 979. The molecule has 0 saturated carbocycles. The molecule has 7 nitrogen and oxygen atoms in total. The number of sulfonamides is 1. The molecule has 2 amide bonds. The predicted molar refractivity (Wildman–Crippen MR) is 100 cm³/mol. The van der Waals surface area contributed by atoms with Gasteiger partial charge < -0.3 is 10.1 Å². The third-order valence-corrected chi connectivity index (χ3v) is 6.32. The van der Waals surface area contributed by atoms with E-state index in [0.29, 0.717) is 20.8 Å². The zero-order valence-corrected chi connectivity index (χ0v) is 16.0. The second-order valence-corrected chi connectivity index (χ2v) is 8.12. The number of hydrogen-bond acceptors (Lipinski definition) is 5. The molecule has 1 atom stereocenters. The molecule has 142 valence electrons. The number of anilines is 1. The van der Waals surface area contributed by atoms with E-state index >= 15 is 0 Å². The molecule has 9 heteroatoms. The molecule has 1 aliphatic heterocycles. The van der Waals surface area contributed by atoms with Gasteiger partial charge in [-0.1, -0.05) is 29.8 Å². The number of nitrogens with zero attached hydrogens (tertiary/aromatic N) is 1. The van der Waals surface area contributed by atoms with Crippen LogP contribution in [0.15, 0.2) is 53.4 Å². The van der Waals surface area contributed by atoms with E-state index in [2.05, 4.69) is 5.32 Å². The van der Waals surface area contributed by atoms with Crippen LogP contribution >= 0.6 is 11.6 Å². The van der Waals surface area contributed by atoms with Gasteiger partial charge in [0.25, 0.3) is 10.0 Å². The molecule has 0 aliphatic carbocycles. The van der Waals surface area contributed by atoms with Crippen molar-refractivity contribution >= 4 is 39.1 Å². The van der Waals surface area contributed by atoms with Crippen molar-refractivity contribution in [3.05, 3.63) is 53.6 Å². The number of nitrogens with one attached hydrogen (secondary N) is 1. The number of carbonyl (C=O) groups is 2. The van der Waals surface area contributed by atoms with Crippen LogP contribution in [0.3, 0.4) is 0 Å². The van der Waals surface area contributed by atoms with Crippen LogP contribution < -0.4 is 10.1 Å². The lowest BCUT2D eigenvalue weighted by atomic mass is 10.2. The summed E-state index contributed by atoms with van der Waals surface area (Å²) in [4.78, 5) is 24.9. The molecule has 0 aromatic heterocycles. The standard InChI is InChI=1S/C18H17ClN2O5S/c1-26-16-9-7-12(11-14(16)19)20-18(23)15-8-10-17(22)21(15)27(24,25)13-5-3-2-4-6-13/h2-7,9,11,15H,8,10H2,1H3,(H,20,23). The number of benzene rings is 2. The minimum absolute atomic E-state index is 0.0203. The van der Waals surface area contributed by atoms with E-state index in [1.54, 1.807) is 30.3 Å². The highest BCUT2D eigenvalue weighted by Crippen LogP contribution is 2.30. The Kier molecular flexibility index (Phi) is 5.38. The van der Waals surface area contributed by atoms with E-state index in [1.807, 2.05) is 0 Å². The minimum atomic E-state index is -4.12. The molecule has 1 heterocycles. The first-order valence-corrected chi connectivity index (χ1v) is 9.93. The molecule has 3 rings (SSSR count). The summed E-state index contributed by atoms with van der Waals surface area (Å²) in [5, 5.41) is 2.91. The van der Waals surface area contributed by atoms with Gasteiger partial charge in [0.15, 0.2) is 0 Å². The lowest BCUT2D eigenvalue weighted by Crippen LogP contribution is -2.45. The highest BCUT2D eigenvalue weighted by Gasteiger charge is 2.44. The summed E-state index contributed by atoms with van der Waals surface area (Å²) in [6.45, 7) is 0. The van der Waals surface area contributed by atoms with Crippen molar-refractivity contribution in [1.29, 1.82) is 0 Å². The Hall–Kier alpha value is -2.58. The average molecular weight is 409 g/mol. The van der Waals surface area contributed by atoms with Gasteiger partial charge in [-0.05, 0) is 36.8 Å². The van der Waals surface area contributed by atoms with Crippen LogP contribution in [-0.4, -0.2) is 37.7 Å². The lowest BCUT2D eigenvalue weighted by Gasteiger charge is -2.23. The van der Waals surface area contributed by atoms with Crippen molar-refractivity contribution in [2.45, 2.75) is 23.8 Å². The quantitative estimate of drug-likeness (QED) is 0.821. The fourth-order valence-corrected chi connectivity index (χ4v) is 4.76. The Balaban J connectivity index is 1.86. The molecule has 0 spiro atoms. The van der Waals surface area contributed by atoms with Crippen molar-refractivity contribution in [2.24, 2.45) is 0 Å². The van der Waals surface area contributed by atoms with E-state index < -0.39 is 27.9 Å². The first kappa shape index (κ1) is 19.2. The number of hydrogen-bond donors (Lipinski definition) is 1. The van der Waals surface area contributed by atoms with Crippen molar-refractivity contribution in [3.8, 4) is 5.75 Å². The first-order chi connectivity index (χ1) is 12.8. The molecule has 1 aliphatic rings. The summed E-state index contributed by atoms with van der Waals surface area (Å²) in [6, 6.07) is 11.1. The van der Waals surface area contributed by atoms with Gasteiger partial charge >= 0.3 is 0 Å². The second-order valence-electron chi connectivity index (χ2n) is 5.90. The highest BCUT2D eigenvalue weighted by atomic mass is 35.5. The number of amides is 2. The Labute approximate surface area is 161 Å². The van der Waals surface area contributed by atoms with Crippen LogP contribution in [0.1, 0.15) is 12.8 Å². The van der Waals surface area contributed by atoms with E-state index in [9.17, 15) is 18.0 Å². The van der Waals surface area contributed by atoms with E-state index in [1.165, 1.54) is 25.3 Å². The summed E-state index contributed by atoms with van der Waals surface area (Å²) in [7, 11) is -2.65. The van der Waals surface area contributed by atoms with Gasteiger partial charge in [0, 0.05) is 12.1 Å². The van der Waals surface area contributed by atoms with Crippen molar-refractivity contribution in [2.75, 3.05) is 12.4 Å². The van der Waals surface area contributed by atoms with Crippen LogP contribution in [-0.2, 0) is 19.6 Å². The molecule has 0 radical (unpaired) electrons. The molecule has 1 saturated heterocycles. The average Bonchev–Trinajstić information content (AvgIpc) is 3.05. The fourth-order valence-electron chi connectivity index (χ4n) is 2.88. The number of halogens is 1. The summed E-state index contributed by atoms with van der Waals surface area (Å²) in [5.74, 6) is -0.757. The molecular formula is C18H17ClN2O5S. The Morgan fingerprint density at radius 1 is 1.22 bits per heavy atom. The smallest absolute Gasteiger partial charge is 0.267 e. The van der Waals surface area contributed by atoms with Gasteiger partial charge in [-0.15, -0.1) is 0 Å². The van der Waals surface area contributed by atoms with Crippen molar-refractivity contribution in [1.82, 2.24) is 4.31 Å². The van der Waals surface area contributed by atoms with Crippen molar-refractivity contribution < 1.29 is 22.7 Å². The maximum Gasteiger partial charge on any atom is 0.267 e. The number of ether oxygens (including phenoxy) is 1. The maximum atomic E-state index is 12.8. The largest absolute Gasteiger partial charge is 0.495 e. The summed E-state index contributed by atoms with van der Waals surface area (Å²) in [6.07, 6.45) is 0.0914. The van der Waals surface area contributed by atoms with Crippen LogP contribution in [0.5, 0.6) is 5.75 Å². The van der Waals surface area contributed by atoms with Crippen LogP contribution in [0.2, 0.25) is 5.02 Å². The zero-order chi connectivity index (χ0) is 19.6. The fraction of sp³-hybridized carbons (Fsp3) is 0.222. The third-order valence-electron chi connectivity index (χ3n) is 4.18. The Morgan fingerprint density at radius 3 is 2.56 bits per heavy atom. The Morgan fingerprint density at radius 2 is 1.93 bits per heavy atom. The second kappa shape index (κ2) is 7.58. The van der Waals surface area contributed by atoms with Crippen LogP contribution in [0, 0.1) is 0 Å². The molecule has 0 bridgehead atoms. The number of rotatable bonds is 5. The predicted octanol–water partition coefficient (Wildman–Crippen LogP) is 2.67. The van der Waals surface area contributed by atoms with Crippen LogP contribution in [0.4, 0.5) is 5.69 Å². The van der Waals surface area contributed by atoms with E-state index in [-0.39, 0.29) is 17.7 Å². The van der Waals surface area contributed by atoms with Gasteiger partial charge in [-0.3, -0.25) is 9.59 Å². The summed E-state index contributed by atoms with van der Waals surface area (Å²) in [5.41, 5.74) is 0.377. The molecule has 27 heavy (non-hydrogen) atoms. The topological polar surface area (TPSA) is 92.8 Å².